The first-order valence-corrected chi connectivity index (χ1v) is 11.2. The molecule has 0 aliphatic heterocycles. The van der Waals surface area contributed by atoms with E-state index in [2.05, 4.69) is 33.5 Å². The predicted octanol–water partition coefficient (Wildman–Crippen LogP) is 6.05. The fourth-order valence-corrected chi connectivity index (χ4v) is 4.26. The number of fused-ring (bicyclic) bond motifs is 1. The molecule has 0 saturated heterocycles. The molecule has 1 aliphatic rings. The zero-order valence-corrected chi connectivity index (χ0v) is 18.5. The molecule has 4 aromatic rings. The van der Waals surface area contributed by atoms with Crippen LogP contribution in [0.2, 0.25) is 0 Å². The average molecular weight is 436 g/mol. The number of carbonyl (C=O) groups is 1. The van der Waals surface area contributed by atoms with Crippen LogP contribution in [-0.2, 0) is 6.42 Å². The molecule has 1 atom stereocenters. The second-order valence-electron chi connectivity index (χ2n) is 8.33. The Bertz CT molecular complexity index is 1280. The first-order chi connectivity index (χ1) is 16.2. The number of nitrogens with one attached hydrogen (secondary N) is 1. The summed E-state index contributed by atoms with van der Waals surface area (Å²) in [6, 6.07) is 25.3. The normalized spacial score (nSPS) is 14.9. The van der Waals surface area contributed by atoms with Gasteiger partial charge in [-0.05, 0) is 67.6 Å². The van der Waals surface area contributed by atoms with Crippen molar-refractivity contribution in [3.05, 3.63) is 107 Å². The van der Waals surface area contributed by atoms with E-state index in [1.165, 1.54) is 11.1 Å². The van der Waals surface area contributed by atoms with E-state index in [4.69, 9.17) is 4.74 Å². The minimum absolute atomic E-state index is 0.0550. The van der Waals surface area contributed by atoms with Gasteiger partial charge in [0, 0.05) is 23.4 Å². The number of aromatic nitrogens is 2. The van der Waals surface area contributed by atoms with E-state index in [1.54, 1.807) is 36.5 Å². The molecular weight excluding hydrogens is 410 g/mol. The molecule has 1 heterocycles. The van der Waals surface area contributed by atoms with E-state index in [0.717, 1.165) is 30.4 Å². The molecule has 5 heteroatoms. The van der Waals surface area contributed by atoms with Crippen molar-refractivity contribution in [2.24, 2.45) is 0 Å². The van der Waals surface area contributed by atoms with Crippen LogP contribution in [0.15, 0.2) is 85.1 Å². The van der Waals surface area contributed by atoms with Gasteiger partial charge in [0.1, 0.15) is 5.75 Å². The van der Waals surface area contributed by atoms with Gasteiger partial charge in [0.15, 0.2) is 5.82 Å². The van der Waals surface area contributed by atoms with Crippen LogP contribution in [0.1, 0.15) is 45.9 Å². The third-order valence-corrected chi connectivity index (χ3v) is 5.92. The lowest BCUT2D eigenvalue weighted by Gasteiger charge is -2.26. The van der Waals surface area contributed by atoms with Gasteiger partial charge < -0.3 is 10.1 Å². The Kier molecular flexibility index (Phi) is 5.85. The maximum absolute atomic E-state index is 12.8. The van der Waals surface area contributed by atoms with Gasteiger partial charge in [-0.3, -0.25) is 4.79 Å². The van der Waals surface area contributed by atoms with Gasteiger partial charge in [-0.1, -0.05) is 48.0 Å². The fourth-order valence-electron chi connectivity index (χ4n) is 4.26. The molecule has 0 bridgehead atoms. The molecule has 33 heavy (non-hydrogen) atoms. The Balaban J connectivity index is 1.27. The molecular formula is C28H25N3O2. The van der Waals surface area contributed by atoms with Crippen molar-refractivity contribution in [2.45, 2.75) is 32.2 Å². The van der Waals surface area contributed by atoms with Crippen LogP contribution in [-0.4, -0.2) is 15.9 Å². The van der Waals surface area contributed by atoms with E-state index in [-0.39, 0.29) is 11.9 Å². The molecule has 164 valence electrons. The monoisotopic (exact) mass is 435 g/mol. The van der Waals surface area contributed by atoms with E-state index in [1.807, 2.05) is 37.3 Å². The van der Waals surface area contributed by atoms with Crippen molar-refractivity contribution in [1.82, 2.24) is 15.3 Å². The van der Waals surface area contributed by atoms with Gasteiger partial charge in [0.05, 0.1) is 6.04 Å². The first kappa shape index (κ1) is 20.9. The average Bonchev–Trinajstić information content (AvgIpc) is 2.85. The number of ether oxygens (including phenoxy) is 1. The molecule has 0 fully saturated rings. The lowest BCUT2D eigenvalue weighted by atomic mass is 9.87. The van der Waals surface area contributed by atoms with Gasteiger partial charge in [-0.15, -0.1) is 0 Å². The number of rotatable bonds is 5. The summed E-state index contributed by atoms with van der Waals surface area (Å²) in [4.78, 5) is 21.7. The van der Waals surface area contributed by atoms with Crippen molar-refractivity contribution >= 4 is 5.91 Å². The van der Waals surface area contributed by atoms with Gasteiger partial charge in [0.2, 0.25) is 5.88 Å². The number of hydrogen-bond donors (Lipinski definition) is 1. The maximum Gasteiger partial charge on any atom is 0.251 e. The lowest BCUT2D eigenvalue weighted by Crippen LogP contribution is -2.30. The SMILES string of the molecule is Cc1cccc(-c2nccc(Oc3ccc(C(=O)N[C@@H]4CCCc5ccccc54)cc3)n2)c1. The Morgan fingerprint density at radius 3 is 2.70 bits per heavy atom. The molecule has 1 aromatic heterocycles. The fraction of sp³-hybridized carbons (Fsp3) is 0.179. The topological polar surface area (TPSA) is 64.1 Å². The third kappa shape index (κ3) is 4.77. The van der Waals surface area contributed by atoms with Crippen LogP contribution in [0.3, 0.4) is 0 Å². The summed E-state index contributed by atoms with van der Waals surface area (Å²) in [7, 11) is 0. The highest BCUT2D eigenvalue weighted by atomic mass is 16.5. The zero-order valence-electron chi connectivity index (χ0n) is 18.5. The van der Waals surface area contributed by atoms with E-state index >= 15 is 0 Å². The smallest absolute Gasteiger partial charge is 0.251 e. The minimum Gasteiger partial charge on any atom is -0.439 e. The molecule has 3 aromatic carbocycles. The second-order valence-corrected chi connectivity index (χ2v) is 8.33. The van der Waals surface area contributed by atoms with Crippen molar-refractivity contribution in [3.63, 3.8) is 0 Å². The van der Waals surface area contributed by atoms with Crippen molar-refractivity contribution in [3.8, 4) is 23.0 Å². The Morgan fingerprint density at radius 2 is 1.85 bits per heavy atom. The summed E-state index contributed by atoms with van der Waals surface area (Å²) in [5, 5.41) is 3.19. The van der Waals surface area contributed by atoms with E-state index in [9.17, 15) is 4.79 Å². The standard InChI is InChI=1S/C28H25N3O2/c1-19-6-4-9-22(18-19)27-29-17-16-26(31-27)33-23-14-12-21(13-15-23)28(32)30-25-11-5-8-20-7-2-3-10-24(20)25/h2-4,6-7,9-10,12-18,25H,5,8,11H2,1H3,(H,30,32)/t25-/m1/s1. The first-order valence-electron chi connectivity index (χ1n) is 11.2. The van der Waals surface area contributed by atoms with Crippen molar-refractivity contribution < 1.29 is 9.53 Å². The number of aryl methyl sites for hydroxylation is 2. The van der Waals surface area contributed by atoms with Crippen LogP contribution >= 0.6 is 0 Å². The van der Waals surface area contributed by atoms with Crippen molar-refractivity contribution in [2.75, 3.05) is 0 Å². The largest absolute Gasteiger partial charge is 0.439 e. The highest BCUT2D eigenvalue weighted by molar-refractivity contribution is 5.94. The highest BCUT2D eigenvalue weighted by Crippen LogP contribution is 2.30. The molecule has 0 unspecified atom stereocenters. The third-order valence-electron chi connectivity index (χ3n) is 5.92. The molecule has 1 aliphatic carbocycles. The molecule has 0 spiro atoms. The van der Waals surface area contributed by atoms with Crippen LogP contribution in [0.5, 0.6) is 11.6 Å². The Hall–Kier alpha value is -3.99. The van der Waals surface area contributed by atoms with Gasteiger partial charge in [-0.25, -0.2) is 4.98 Å². The highest BCUT2D eigenvalue weighted by Gasteiger charge is 2.21. The molecule has 0 saturated carbocycles. The number of carbonyl (C=O) groups excluding carboxylic acids is 1. The summed E-state index contributed by atoms with van der Waals surface area (Å²) < 4.78 is 5.92. The number of nitrogens with zero attached hydrogens (tertiary/aromatic N) is 2. The molecule has 0 radical (unpaired) electrons. The van der Waals surface area contributed by atoms with Crippen LogP contribution < -0.4 is 10.1 Å². The minimum atomic E-state index is -0.0768. The number of hydrogen-bond acceptors (Lipinski definition) is 4. The molecule has 5 nitrogen and oxygen atoms in total. The molecule has 1 amide bonds. The van der Waals surface area contributed by atoms with Gasteiger partial charge >= 0.3 is 0 Å². The van der Waals surface area contributed by atoms with E-state index < -0.39 is 0 Å². The number of amides is 1. The summed E-state index contributed by atoms with van der Waals surface area (Å²) in [5.41, 5.74) is 5.25. The van der Waals surface area contributed by atoms with Gasteiger partial charge in [-0.2, -0.15) is 4.98 Å². The molecule has 5 rings (SSSR count). The number of benzene rings is 3. The Labute approximate surface area is 193 Å². The van der Waals surface area contributed by atoms with Gasteiger partial charge in [0.25, 0.3) is 5.91 Å². The summed E-state index contributed by atoms with van der Waals surface area (Å²) >= 11 is 0. The predicted molar refractivity (Wildman–Crippen MR) is 128 cm³/mol. The zero-order chi connectivity index (χ0) is 22.6. The van der Waals surface area contributed by atoms with Crippen LogP contribution in [0.25, 0.3) is 11.4 Å². The second kappa shape index (κ2) is 9.25. The maximum atomic E-state index is 12.8. The molecule has 1 N–H and O–H groups in total. The lowest BCUT2D eigenvalue weighted by molar-refractivity contribution is 0.0932. The van der Waals surface area contributed by atoms with Crippen molar-refractivity contribution in [1.29, 1.82) is 0 Å². The summed E-state index contributed by atoms with van der Waals surface area (Å²) in [6.07, 6.45) is 4.80. The quantitative estimate of drug-likeness (QED) is 0.414. The summed E-state index contributed by atoms with van der Waals surface area (Å²) in [5.74, 6) is 1.60. The van der Waals surface area contributed by atoms with E-state index in [0.29, 0.717) is 23.0 Å². The van der Waals surface area contributed by atoms with Crippen LogP contribution in [0, 0.1) is 6.92 Å². The summed E-state index contributed by atoms with van der Waals surface area (Å²) in [6.45, 7) is 2.04. The Morgan fingerprint density at radius 1 is 1.00 bits per heavy atom. The van der Waals surface area contributed by atoms with Crippen LogP contribution in [0.4, 0.5) is 0 Å².